The molecule has 2 aliphatic rings. The maximum Gasteiger partial charge on any atom is 0.573 e. The Balaban J connectivity index is 1.83. The number of carbonyl (C=O) groups is 2. The molecule has 6 nitrogen and oxygen atoms in total. The fraction of sp³-hybridized carbons (Fsp3) is 0.417. The first-order valence-electron chi connectivity index (χ1n) is 10.8. The lowest BCUT2D eigenvalue weighted by molar-refractivity contribution is -0.274. The summed E-state index contributed by atoms with van der Waals surface area (Å²) in [6.45, 7) is 5.33. The second-order valence-electron chi connectivity index (χ2n) is 8.79. The van der Waals surface area contributed by atoms with E-state index in [-0.39, 0.29) is 29.1 Å². The molecule has 0 spiro atoms. The van der Waals surface area contributed by atoms with Gasteiger partial charge in [0, 0.05) is 5.92 Å². The van der Waals surface area contributed by atoms with Crippen LogP contribution in [0.2, 0.25) is 0 Å². The first kappa shape index (κ1) is 27.0. The SMILES string of the molecule is CCC(C)(C)[C@H](NC(=O)C1=C(OCc2ccc(OC(F)(F)F)cc2)C2SC(Cl)=CC2C=C1)C(=O)O. The molecule has 1 aromatic rings. The van der Waals surface area contributed by atoms with Crippen LogP contribution < -0.4 is 10.1 Å². The van der Waals surface area contributed by atoms with Crippen molar-refractivity contribution < 1.29 is 37.3 Å². The number of allylic oxidation sites excluding steroid dienone is 2. The molecule has 2 N–H and O–H groups in total. The van der Waals surface area contributed by atoms with Gasteiger partial charge in [-0.2, -0.15) is 0 Å². The zero-order chi connectivity index (χ0) is 26.0. The van der Waals surface area contributed by atoms with Crippen molar-refractivity contribution >= 4 is 35.2 Å². The normalized spacial score (nSPS) is 20.7. The van der Waals surface area contributed by atoms with Crippen molar-refractivity contribution in [1.29, 1.82) is 0 Å². The van der Waals surface area contributed by atoms with Gasteiger partial charge in [0.25, 0.3) is 5.91 Å². The van der Waals surface area contributed by atoms with Crippen molar-refractivity contribution in [3.8, 4) is 5.75 Å². The highest BCUT2D eigenvalue weighted by Gasteiger charge is 2.39. The minimum Gasteiger partial charge on any atom is -0.491 e. The summed E-state index contributed by atoms with van der Waals surface area (Å²) in [6, 6.07) is 4.07. The number of hydrogen-bond acceptors (Lipinski definition) is 5. The van der Waals surface area contributed by atoms with Gasteiger partial charge in [-0.15, -0.1) is 24.9 Å². The maximum absolute atomic E-state index is 13.2. The molecule has 3 atom stereocenters. The second kappa shape index (κ2) is 10.6. The Morgan fingerprint density at radius 3 is 2.46 bits per heavy atom. The molecule has 2 unspecified atom stereocenters. The molecule has 0 aromatic heterocycles. The van der Waals surface area contributed by atoms with Gasteiger partial charge in [0.05, 0.1) is 15.2 Å². The van der Waals surface area contributed by atoms with E-state index in [9.17, 15) is 27.9 Å². The van der Waals surface area contributed by atoms with Crippen molar-refractivity contribution in [2.75, 3.05) is 0 Å². The quantitative estimate of drug-likeness (QED) is 0.422. The van der Waals surface area contributed by atoms with Crippen molar-refractivity contribution in [2.24, 2.45) is 11.3 Å². The summed E-state index contributed by atoms with van der Waals surface area (Å²) in [5.41, 5.74) is 0.0288. The number of carboxylic acids is 1. The smallest absolute Gasteiger partial charge is 0.491 e. The average Bonchev–Trinajstić information content (AvgIpc) is 3.15. The van der Waals surface area contributed by atoms with E-state index in [1.165, 1.54) is 36.0 Å². The molecule has 1 aromatic carbocycles. The number of halogens is 4. The molecule has 35 heavy (non-hydrogen) atoms. The minimum atomic E-state index is -4.79. The van der Waals surface area contributed by atoms with Gasteiger partial charge in [-0.25, -0.2) is 4.79 Å². The Labute approximate surface area is 210 Å². The van der Waals surface area contributed by atoms with E-state index in [1.54, 1.807) is 26.0 Å². The summed E-state index contributed by atoms with van der Waals surface area (Å²) in [7, 11) is 0. The zero-order valence-corrected chi connectivity index (χ0v) is 20.8. The minimum absolute atomic E-state index is 0.0313. The Bertz CT molecular complexity index is 1070. The molecule has 0 saturated heterocycles. The van der Waals surface area contributed by atoms with Crippen LogP contribution in [0.1, 0.15) is 32.8 Å². The number of rotatable bonds is 9. The molecule has 1 aliphatic carbocycles. The molecule has 0 saturated carbocycles. The van der Waals surface area contributed by atoms with Crippen LogP contribution in [-0.2, 0) is 20.9 Å². The predicted octanol–water partition coefficient (Wildman–Crippen LogP) is 5.74. The number of fused-ring (bicyclic) bond motifs is 1. The fourth-order valence-electron chi connectivity index (χ4n) is 3.61. The Morgan fingerprint density at radius 2 is 1.89 bits per heavy atom. The van der Waals surface area contributed by atoms with Crippen LogP contribution in [0.5, 0.6) is 5.75 Å². The van der Waals surface area contributed by atoms with Crippen LogP contribution in [0.15, 0.2) is 58.2 Å². The summed E-state index contributed by atoms with van der Waals surface area (Å²) in [5, 5.41) is 12.0. The van der Waals surface area contributed by atoms with Crippen LogP contribution in [0.4, 0.5) is 13.2 Å². The Kier molecular flexibility index (Phi) is 8.16. The lowest BCUT2D eigenvalue weighted by Gasteiger charge is -2.32. The molecule has 1 aliphatic heterocycles. The first-order chi connectivity index (χ1) is 16.3. The molecular formula is C24H25ClF3NO5S. The molecule has 0 radical (unpaired) electrons. The van der Waals surface area contributed by atoms with Crippen molar-refractivity contribution in [3.05, 3.63) is 63.8 Å². The Morgan fingerprint density at radius 1 is 1.23 bits per heavy atom. The van der Waals surface area contributed by atoms with Gasteiger partial charge in [0.15, 0.2) is 0 Å². The number of ether oxygens (including phenoxy) is 2. The van der Waals surface area contributed by atoms with E-state index in [1.807, 2.05) is 13.0 Å². The lowest BCUT2D eigenvalue weighted by atomic mass is 9.81. The number of amides is 1. The number of hydrogen-bond donors (Lipinski definition) is 2. The van der Waals surface area contributed by atoms with Crippen LogP contribution in [0.3, 0.4) is 0 Å². The van der Waals surface area contributed by atoms with Crippen molar-refractivity contribution in [1.82, 2.24) is 5.32 Å². The number of nitrogens with one attached hydrogen (secondary N) is 1. The van der Waals surface area contributed by atoms with Gasteiger partial charge in [0.1, 0.15) is 24.2 Å². The molecule has 3 rings (SSSR count). The number of alkyl halides is 3. The second-order valence-corrected chi connectivity index (χ2v) is 10.6. The zero-order valence-electron chi connectivity index (χ0n) is 19.2. The summed E-state index contributed by atoms with van der Waals surface area (Å²) in [6.07, 6.45) is 0.946. The molecule has 190 valence electrons. The van der Waals surface area contributed by atoms with Crippen LogP contribution in [0, 0.1) is 11.3 Å². The highest BCUT2D eigenvalue weighted by Crippen LogP contribution is 2.46. The van der Waals surface area contributed by atoms with E-state index in [2.05, 4.69) is 10.1 Å². The number of benzene rings is 1. The number of carbonyl (C=O) groups excluding carboxylic acids is 1. The number of thioether (sulfide) groups is 1. The summed E-state index contributed by atoms with van der Waals surface area (Å²) in [4.78, 5) is 25.1. The van der Waals surface area contributed by atoms with Gasteiger partial charge >= 0.3 is 12.3 Å². The summed E-state index contributed by atoms with van der Waals surface area (Å²) >= 11 is 7.51. The number of carboxylic acid groups (broad SMARTS) is 1. The van der Waals surface area contributed by atoms with E-state index in [0.717, 1.165) is 0 Å². The standard InChI is InChI=1S/C24H25ClF3NO5S/c1-4-23(2,3)20(22(31)32)29-21(30)16-10-7-14-11-17(25)35-19(14)18(16)33-12-13-5-8-15(9-6-13)34-24(26,27)28/h5-11,14,19-20H,4,12H2,1-3H3,(H,29,30)(H,31,32)/t14?,19?,20-/m1/s1. The monoisotopic (exact) mass is 531 g/mol. The van der Waals surface area contributed by atoms with E-state index in [0.29, 0.717) is 22.1 Å². The molecule has 0 fully saturated rings. The van der Waals surface area contributed by atoms with Crippen LogP contribution in [0.25, 0.3) is 0 Å². The fourth-order valence-corrected chi connectivity index (χ4v) is 5.15. The molecule has 11 heteroatoms. The van der Waals surface area contributed by atoms with E-state index >= 15 is 0 Å². The highest BCUT2D eigenvalue weighted by molar-refractivity contribution is 8.05. The maximum atomic E-state index is 13.2. The topological polar surface area (TPSA) is 84.9 Å². The molecule has 0 bridgehead atoms. The van der Waals surface area contributed by atoms with Gasteiger partial charge in [-0.1, -0.05) is 56.7 Å². The number of aliphatic carboxylic acids is 1. The van der Waals surface area contributed by atoms with E-state index < -0.39 is 29.7 Å². The van der Waals surface area contributed by atoms with E-state index in [4.69, 9.17) is 16.3 Å². The molecule has 1 heterocycles. The van der Waals surface area contributed by atoms with Crippen LogP contribution >= 0.6 is 23.4 Å². The third-order valence-electron chi connectivity index (χ3n) is 5.93. The predicted molar refractivity (Wildman–Crippen MR) is 127 cm³/mol. The van der Waals surface area contributed by atoms with Gasteiger partial charge in [0.2, 0.25) is 0 Å². The van der Waals surface area contributed by atoms with Gasteiger partial charge in [-0.3, -0.25) is 4.79 Å². The average molecular weight is 532 g/mol. The third-order valence-corrected chi connectivity index (χ3v) is 7.47. The van der Waals surface area contributed by atoms with Crippen LogP contribution in [-0.4, -0.2) is 34.6 Å². The van der Waals surface area contributed by atoms with Crippen molar-refractivity contribution in [2.45, 2.75) is 51.5 Å². The largest absolute Gasteiger partial charge is 0.573 e. The summed E-state index contributed by atoms with van der Waals surface area (Å²) < 4.78 is 47.6. The Hall–Kier alpha value is -2.59. The first-order valence-corrected chi connectivity index (χ1v) is 12.0. The third kappa shape index (κ3) is 6.76. The summed E-state index contributed by atoms with van der Waals surface area (Å²) in [5.74, 6) is -1.90. The van der Waals surface area contributed by atoms with Gasteiger partial charge < -0.3 is 19.9 Å². The molecular weight excluding hydrogens is 507 g/mol. The highest BCUT2D eigenvalue weighted by atomic mass is 35.5. The van der Waals surface area contributed by atoms with Gasteiger partial charge in [-0.05, 0) is 35.6 Å². The lowest BCUT2D eigenvalue weighted by Crippen LogP contribution is -2.50. The molecule has 1 amide bonds. The van der Waals surface area contributed by atoms with Crippen molar-refractivity contribution in [3.63, 3.8) is 0 Å².